The van der Waals surface area contributed by atoms with Crippen LogP contribution in [0, 0.1) is 19.7 Å². The molecule has 0 spiro atoms. The highest BCUT2D eigenvalue weighted by Gasteiger charge is 2.16. The number of carbonyl (C=O) groups is 1. The van der Waals surface area contributed by atoms with Gasteiger partial charge in [0, 0.05) is 0 Å². The standard InChI is InChI=1S/C14H15FN2O2/c1-4-19-14(18)12-8-16-17(10(12)3)13-6-5-11(15)7-9(13)2/h5-8H,4H2,1-3H3. The summed E-state index contributed by atoms with van der Waals surface area (Å²) in [6, 6.07) is 4.44. The van der Waals surface area contributed by atoms with E-state index >= 15 is 0 Å². The number of nitrogens with zero attached hydrogens (tertiary/aromatic N) is 2. The van der Waals surface area contributed by atoms with Gasteiger partial charge in [-0.15, -0.1) is 0 Å². The zero-order valence-corrected chi connectivity index (χ0v) is 11.1. The number of carbonyl (C=O) groups excluding carboxylic acids is 1. The van der Waals surface area contributed by atoms with E-state index in [1.807, 2.05) is 0 Å². The van der Waals surface area contributed by atoms with Crippen LogP contribution in [0.25, 0.3) is 5.69 Å². The maximum Gasteiger partial charge on any atom is 0.341 e. The predicted molar refractivity (Wildman–Crippen MR) is 69.0 cm³/mol. The molecule has 0 aliphatic carbocycles. The second-order valence-corrected chi connectivity index (χ2v) is 4.21. The highest BCUT2D eigenvalue weighted by molar-refractivity contribution is 5.90. The van der Waals surface area contributed by atoms with E-state index < -0.39 is 5.97 Å². The van der Waals surface area contributed by atoms with Gasteiger partial charge in [-0.1, -0.05) is 0 Å². The van der Waals surface area contributed by atoms with Crippen molar-refractivity contribution in [3.63, 3.8) is 0 Å². The molecule has 2 rings (SSSR count). The Balaban J connectivity index is 2.44. The van der Waals surface area contributed by atoms with Gasteiger partial charge in [0.15, 0.2) is 0 Å². The van der Waals surface area contributed by atoms with E-state index in [0.29, 0.717) is 17.9 Å². The zero-order chi connectivity index (χ0) is 14.0. The molecule has 0 bridgehead atoms. The summed E-state index contributed by atoms with van der Waals surface area (Å²) in [5.74, 6) is -0.692. The van der Waals surface area contributed by atoms with Crippen molar-refractivity contribution < 1.29 is 13.9 Å². The Hall–Kier alpha value is -2.17. The van der Waals surface area contributed by atoms with E-state index in [1.54, 1.807) is 31.5 Å². The Bertz CT molecular complexity index is 620. The summed E-state index contributed by atoms with van der Waals surface area (Å²) in [4.78, 5) is 11.7. The molecule has 0 unspecified atom stereocenters. The average molecular weight is 262 g/mol. The third-order valence-corrected chi connectivity index (χ3v) is 2.89. The fraction of sp³-hybridized carbons (Fsp3) is 0.286. The van der Waals surface area contributed by atoms with Crippen LogP contribution in [-0.4, -0.2) is 22.4 Å². The van der Waals surface area contributed by atoms with Crippen LogP contribution in [0.4, 0.5) is 4.39 Å². The lowest BCUT2D eigenvalue weighted by Gasteiger charge is -2.08. The van der Waals surface area contributed by atoms with E-state index in [1.165, 1.54) is 18.3 Å². The van der Waals surface area contributed by atoms with Crippen LogP contribution < -0.4 is 0 Å². The van der Waals surface area contributed by atoms with Crippen molar-refractivity contribution in [2.75, 3.05) is 6.61 Å². The number of halogens is 1. The van der Waals surface area contributed by atoms with E-state index in [9.17, 15) is 9.18 Å². The maximum atomic E-state index is 13.1. The van der Waals surface area contributed by atoms with E-state index in [-0.39, 0.29) is 5.82 Å². The number of hydrogen-bond donors (Lipinski definition) is 0. The van der Waals surface area contributed by atoms with Gasteiger partial charge in [0.1, 0.15) is 11.4 Å². The first-order valence-electron chi connectivity index (χ1n) is 6.03. The van der Waals surface area contributed by atoms with Crippen LogP contribution in [0.3, 0.4) is 0 Å². The Morgan fingerprint density at radius 1 is 1.42 bits per heavy atom. The van der Waals surface area contributed by atoms with Gasteiger partial charge >= 0.3 is 5.97 Å². The van der Waals surface area contributed by atoms with Gasteiger partial charge in [0.05, 0.1) is 24.2 Å². The van der Waals surface area contributed by atoms with Crippen molar-refractivity contribution in [1.82, 2.24) is 9.78 Å². The lowest BCUT2D eigenvalue weighted by Crippen LogP contribution is -2.07. The Kier molecular flexibility index (Phi) is 3.64. The van der Waals surface area contributed by atoms with Gasteiger partial charge in [0.25, 0.3) is 0 Å². The SMILES string of the molecule is CCOC(=O)c1cnn(-c2ccc(F)cc2C)c1C. The van der Waals surface area contributed by atoms with E-state index in [4.69, 9.17) is 4.74 Å². The Labute approximate surface area is 110 Å². The summed E-state index contributed by atoms with van der Waals surface area (Å²) in [6.07, 6.45) is 1.47. The molecule has 0 atom stereocenters. The minimum absolute atomic E-state index is 0.295. The molecule has 100 valence electrons. The lowest BCUT2D eigenvalue weighted by atomic mass is 10.2. The molecule has 0 saturated heterocycles. The monoisotopic (exact) mass is 262 g/mol. The number of rotatable bonds is 3. The first kappa shape index (κ1) is 13.3. The molecule has 2 aromatic rings. The smallest absolute Gasteiger partial charge is 0.341 e. The summed E-state index contributed by atoms with van der Waals surface area (Å²) >= 11 is 0. The van der Waals surface area contributed by atoms with Gasteiger partial charge in [0.2, 0.25) is 0 Å². The normalized spacial score (nSPS) is 10.5. The molecule has 0 aliphatic rings. The van der Waals surface area contributed by atoms with Crippen molar-refractivity contribution >= 4 is 5.97 Å². The number of benzene rings is 1. The molecule has 1 aromatic carbocycles. The van der Waals surface area contributed by atoms with Crippen LogP contribution in [0.5, 0.6) is 0 Å². The summed E-state index contributed by atoms with van der Waals surface area (Å²) in [5, 5.41) is 4.17. The minimum atomic E-state index is -0.397. The molecular formula is C14H15FN2O2. The summed E-state index contributed by atoms with van der Waals surface area (Å²) in [5.41, 5.74) is 2.59. The van der Waals surface area contributed by atoms with Gasteiger partial charge < -0.3 is 4.74 Å². The second-order valence-electron chi connectivity index (χ2n) is 4.21. The maximum absolute atomic E-state index is 13.1. The van der Waals surface area contributed by atoms with Gasteiger partial charge in [-0.3, -0.25) is 0 Å². The molecule has 19 heavy (non-hydrogen) atoms. The van der Waals surface area contributed by atoms with Gasteiger partial charge in [-0.25, -0.2) is 13.9 Å². The van der Waals surface area contributed by atoms with Gasteiger partial charge in [-0.2, -0.15) is 5.10 Å². The quantitative estimate of drug-likeness (QED) is 0.799. The predicted octanol–water partition coefficient (Wildman–Crippen LogP) is 2.80. The zero-order valence-electron chi connectivity index (χ0n) is 11.1. The molecule has 0 fully saturated rings. The summed E-state index contributed by atoms with van der Waals surface area (Å²) < 4.78 is 19.7. The molecule has 5 heteroatoms. The third kappa shape index (κ3) is 2.50. The molecule has 1 heterocycles. The van der Waals surface area contributed by atoms with Crippen LogP contribution in [-0.2, 0) is 4.74 Å². The number of aromatic nitrogens is 2. The van der Waals surface area contributed by atoms with Crippen molar-refractivity contribution in [3.05, 3.63) is 47.0 Å². The second kappa shape index (κ2) is 5.22. The first-order chi connectivity index (χ1) is 9.04. The van der Waals surface area contributed by atoms with Crippen molar-refractivity contribution in [2.45, 2.75) is 20.8 Å². The largest absolute Gasteiger partial charge is 0.462 e. The van der Waals surface area contributed by atoms with Crippen LogP contribution in [0.2, 0.25) is 0 Å². The summed E-state index contributed by atoms with van der Waals surface area (Å²) in [7, 11) is 0. The van der Waals surface area contributed by atoms with Crippen molar-refractivity contribution in [3.8, 4) is 5.69 Å². The third-order valence-electron chi connectivity index (χ3n) is 2.89. The van der Waals surface area contributed by atoms with Crippen LogP contribution in [0.15, 0.2) is 24.4 Å². The van der Waals surface area contributed by atoms with Crippen molar-refractivity contribution in [2.24, 2.45) is 0 Å². The minimum Gasteiger partial charge on any atom is -0.462 e. The molecular weight excluding hydrogens is 247 g/mol. The highest BCUT2D eigenvalue weighted by Crippen LogP contribution is 2.19. The number of aryl methyl sites for hydroxylation is 1. The average Bonchev–Trinajstić information content (AvgIpc) is 2.72. The fourth-order valence-corrected chi connectivity index (χ4v) is 1.92. The molecule has 0 saturated carbocycles. The van der Waals surface area contributed by atoms with E-state index in [2.05, 4.69) is 5.10 Å². The topological polar surface area (TPSA) is 44.1 Å². The van der Waals surface area contributed by atoms with E-state index in [0.717, 1.165) is 11.3 Å². The fourth-order valence-electron chi connectivity index (χ4n) is 1.92. The summed E-state index contributed by atoms with van der Waals surface area (Å²) in [6.45, 7) is 5.65. The highest BCUT2D eigenvalue weighted by atomic mass is 19.1. The van der Waals surface area contributed by atoms with Crippen LogP contribution in [0.1, 0.15) is 28.5 Å². The number of esters is 1. The van der Waals surface area contributed by atoms with Gasteiger partial charge in [-0.05, 0) is 44.5 Å². The number of hydrogen-bond acceptors (Lipinski definition) is 3. The molecule has 0 N–H and O–H groups in total. The number of ether oxygens (including phenoxy) is 1. The Morgan fingerprint density at radius 2 is 2.16 bits per heavy atom. The molecule has 0 amide bonds. The molecule has 1 aromatic heterocycles. The van der Waals surface area contributed by atoms with Crippen LogP contribution >= 0.6 is 0 Å². The molecule has 0 aliphatic heterocycles. The molecule has 4 nitrogen and oxygen atoms in total. The molecule has 0 radical (unpaired) electrons. The van der Waals surface area contributed by atoms with Crippen molar-refractivity contribution in [1.29, 1.82) is 0 Å². The first-order valence-corrected chi connectivity index (χ1v) is 6.03. The lowest BCUT2D eigenvalue weighted by molar-refractivity contribution is 0.0525. The Morgan fingerprint density at radius 3 is 2.79 bits per heavy atom.